The van der Waals surface area contributed by atoms with Crippen LogP contribution in [0.25, 0.3) is 0 Å². The van der Waals surface area contributed by atoms with Crippen molar-refractivity contribution in [2.45, 2.75) is 57.1 Å². The van der Waals surface area contributed by atoms with Crippen LogP contribution in [0.4, 0.5) is 4.79 Å². The van der Waals surface area contributed by atoms with Gasteiger partial charge in [0.2, 0.25) is 0 Å². The number of rotatable bonds is 6. The SMILES string of the molecule is Cc1ccc(S(=O)(=O)O[C@@H](C(=O)c2ccccc2)C2CCN(C(=O)OC(C)(C)C)CC2)cc1. The molecule has 1 fully saturated rings. The van der Waals surface area contributed by atoms with Crippen molar-refractivity contribution in [3.05, 3.63) is 65.7 Å². The zero-order valence-electron chi connectivity index (χ0n) is 19.5. The first-order valence-electron chi connectivity index (χ1n) is 11.0. The minimum absolute atomic E-state index is 0.00477. The van der Waals surface area contributed by atoms with Crippen LogP contribution in [-0.4, -0.2) is 50.0 Å². The fourth-order valence-electron chi connectivity index (χ4n) is 3.71. The number of ketones is 1. The summed E-state index contributed by atoms with van der Waals surface area (Å²) in [5.41, 5.74) is 0.696. The summed E-state index contributed by atoms with van der Waals surface area (Å²) in [7, 11) is -4.16. The van der Waals surface area contributed by atoms with E-state index >= 15 is 0 Å². The molecule has 1 heterocycles. The Labute approximate surface area is 195 Å². The standard InChI is InChI=1S/C25H31NO6S/c1-18-10-12-21(13-11-18)33(29,30)32-23(22(27)19-8-6-5-7-9-19)20-14-16-26(17-15-20)24(28)31-25(2,3)4/h5-13,20,23H,14-17H2,1-4H3/t23-/m1/s1. The van der Waals surface area contributed by atoms with E-state index in [1.165, 1.54) is 12.1 Å². The van der Waals surface area contributed by atoms with Gasteiger partial charge in [-0.15, -0.1) is 0 Å². The second kappa shape index (κ2) is 10.1. The van der Waals surface area contributed by atoms with Gasteiger partial charge in [-0.1, -0.05) is 48.0 Å². The minimum atomic E-state index is -4.16. The van der Waals surface area contributed by atoms with Gasteiger partial charge in [0.25, 0.3) is 10.1 Å². The van der Waals surface area contributed by atoms with Crippen molar-refractivity contribution in [2.24, 2.45) is 5.92 Å². The zero-order chi connectivity index (χ0) is 24.2. The fraction of sp³-hybridized carbons (Fsp3) is 0.440. The number of carbonyl (C=O) groups excluding carboxylic acids is 2. The van der Waals surface area contributed by atoms with E-state index in [9.17, 15) is 18.0 Å². The van der Waals surface area contributed by atoms with Crippen LogP contribution < -0.4 is 0 Å². The predicted molar refractivity (Wildman–Crippen MR) is 125 cm³/mol. The van der Waals surface area contributed by atoms with E-state index in [4.69, 9.17) is 8.92 Å². The number of benzene rings is 2. The van der Waals surface area contributed by atoms with Gasteiger partial charge in [-0.05, 0) is 58.6 Å². The van der Waals surface area contributed by atoms with Crippen LogP contribution in [0.2, 0.25) is 0 Å². The third-order valence-electron chi connectivity index (χ3n) is 5.48. The van der Waals surface area contributed by atoms with E-state index in [0.717, 1.165) is 5.56 Å². The molecule has 0 saturated carbocycles. The van der Waals surface area contributed by atoms with Crippen molar-refractivity contribution in [3.8, 4) is 0 Å². The van der Waals surface area contributed by atoms with E-state index in [1.54, 1.807) is 68.1 Å². The van der Waals surface area contributed by atoms with E-state index in [1.807, 2.05) is 6.92 Å². The highest BCUT2D eigenvalue weighted by Crippen LogP contribution is 2.29. The van der Waals surface area contributed by atoms with E-state index in [0.29, 0.717) is 31.5 Å². The Morgan fingerprint density at radius 2 is 1.55 bits per heavy atom. The minimum Gasteiger partial charge on any atom is -0.444 e. The second-order valence-electron chi connectivity index (χ2n) is 9.32. The van der Waals surface area contributed by atoms with Gasteiger partial charge in [-0.2, -0.15) is 8.42 Å². The molecule has 1 saturated heterocycles. The van der Waals surface area contributed by atoms with Crippen LogP contribution in [0, 0.1) is 12.8 Å². The lowest BCUT2D eigenvalue weighted by atomic mass is 9.87. The molecule has 1 aliphatic rings. The van der Waals surface area contributed by atoms with Crippen LogP contribution in [0.5, 0.6) is 0 Å². The van der Waals surface area contributed by atoms with Gasteiger partial charge < -0.3 is 9.64 Å². The summed E-state index contributed by atoms with van der Waals surface area (Å²) < 4.78 is 37.0. The number of piperidine rings is 1. The highest BCUT2D eigenvalue weighted by Gasteiger charge is 2.38. The molecule has 8 heteroatoms. The molecule has 1 aliphatic heterocycles. The maximum Gasteiger partial charge on any atom is 0.410 e. The van der Waals surface area contributed by atoms with Crippen LogP contribution in [0.1, 0.15) is 49.5 Å². The van der Waals surface area contributed by atoms with Gasteiger partial charge >= 0.3 is 6.09 Å². The number of ether oxygens (including phenoxy) is 1. The summed E-state index contributed by atoms with van der Waals surface area (Å²) >= 11 is 0. The molecule has 0 radical (unpaired) electrons. The summed E-state index contributed by atoms with van der Waals surface area (Å²) in [6.45, 7) is 7.97. The Bertz CT molecular complexity index is 1070. The molecule has 2 aromatic rings. The van der Waals surface area contributed by atoms with Crippen molar-refractivity contribution in [2.75, 3.05) is 13.1 Å². The first kappa shape index (κ1) is 24.9. The van der Waals surface area contributed by atoms with Crippen molar-refractivity contribution in [3.63, 3.8) is 0 Å². The third-order valence-corrected chi connectivity index (χ3v) is 6.79. The van der Waals surface area contributed by atoms with Crippen molar-refractivity contribution in [1.29, 1.82) is 0 Å². The van der Waals surface area contributed by atoms with E-state index in [2.05, 4.69) is 0 Å². The molecule has 7 nitrogen and oxygen atoms in total. The van der Waals surface area contributed by atoms with Gasteiger partial charge in [0.15, 0.2) is 5.78 Å². The summed E-state index contributed by atoms with van der Waals surface area (Å²) in [6, 6.07) is 14.8. The lowest BCUT2D eigenvalue weighted by Gasteiger charge is -2.35. The lowest BCUT2D eigenvalue weighted by Crippen LogP contribution is -2.46. The van der Waals surface area contributed by atoms with Crippen molar-refractivity contribution in [1.82, 2.24) is 4.90 Å². The topological polar surface area (TPSA) is 90.0 Å². The molecule has 1 amide bonds. The maximum absolute atomic E-state index is 13.3. The molecule has 0 unspecified atom stereocenters. The molecule has 3 rings (SSSR count). The molecule has 0 aliphatic carbocycles. The molecule has 0 N–H and O–H groups in total. The van der Waals surface area contributed by atoms with Crippen LogP contribution in [0.15, 0.2) is 59.5 Å². The normalized spacial score (nSPS) is 16.3. The molecule has 1 atom stereocenters. The van der Waals surface area contributed by atoms with Crippen molar-refractivity contribution < 1.29 is 26.9 Å². The maximum atomic E-state index is 13.3. The summed E-state index contributed by atoms with van der Waals surface area (Å²) in [4.78, 5) is 27.3. The first-order chi connectivity index (χ1) is 15.5. The van der Waals surface area contributed by atoms with Gasteiger partial charge in [-0.3, -0.25) is 8.98 Å². The molecule has 2 aromatic carbocycles. The lowest BCUT2D eigenvalue weighted by molar-refractivity contribution is 0.0121. The molecule has 0 aromatic heterocycles. The van der Waals surface area contributed by atoms with E-state index < -0.39 is 27.9 Å². The number of nitrogens with zero attached hydrogens (tertiary/aromatic N) is 1. The fourth-order valence-corrected chi connectivity index (χ4v) is 4.81. The number of amides is 1. The molecule has 33 heavy (non-hydrogen) atoms. The number of hydrogen-bond acceptors (Lipinski definition) is 6. The largest absolute Gasteiger partial charge is 0.444 e. The smallest absolute Gasteiger partial charge is 0.410 e. The van der Waals surface area contributed by atoms with Gasteiger partial charge in [0.1, 0.15) is 11.7 Å². The first-order valence-corrected chi connectivity index (χ1v) is 12.4. The van der Waals surface area contributed by atoms with Gasteiger partial charge in [0, 0.05) is 18.7 Å². The number of hydrogen-bond donors (Lipinski definition) is 0. The Hall–Kier alpha value is -2.71. The molecule has 0 spiro atoms. The second-order valence-corrected chi connectivity index (χ2v) is 10.9. The molecular formula is C25H31NO6S. The quantitative estimate of drug-likeness (QED) is 0.450. The third kappa shape index (κ3) is 6.65. The summed E-state index contributed by atoms with van der Waals surface area (Å²) in [5.74, 6) is -0.751. The number of likely N-dealkylation sites (tertiary alicyclic amines) is 1. The van der Waals surface area contributed by atoms with Gasteiger partial charge in [0.05, 0.1) is 4.90 Å². The average Bonchev–Trinajstić information content (AvgIpc) is 2.77. The number of carbonyl (C=O) groups is 2. The van der Waals surface area contributed by atoms with Crippen LogP contribution in [-0.2, 0) is 19.0 Å². The highest BCUT2D eigenvalue weighted by molar-refractivity contribution is 7.86. The van der Waals surface area contributed by atoms with E-state index in [-0.39, 0.29) is 16.6 Å². The zero-order valence-corrected chi connectivity index (χ0v) is 20.3. The average molecular weight is 474 g/mol. The predicted octanol–water partition coefficient (Wildman–Crippen LogP) is 4.60. The monoisotopic (exact) mass is 473 g/mol. The Balaban J connectivity index is 1.81. The van der Waals surface area contributed by atoms with Crippen LogP contribution in [0.3, 0.4) is 0 Å². The highest BCUT2D eigenvalue weighted by atomic mass is 32.2. The summed E-state index contributed by atoms with van der Waals surface area (Å²) in [5, 5.41) is 0. The van der Waals surface area contributed by atoms with Crippen LogP contribution >= 0.6 is 0 Å². The Kier molecular flexibility index (Phi) is 7.59. The Morgan fingerprint density at radius 3 is 2.09 bits per heavy atom. The molecular weight excluding hydrogens is 442 g/mol. The Morgan fingerprint density at radius 1 is 0.970 bits per heavy atom. The molecule has 178 valence electrons. The van der Waals surface area contributed by atoms with Crippen molar-refractivity contribution >= 4 is 22.0 Å². The summed E-state index contributed by atoms with van der Waals surface area (Å²) in [6.07, 6.45) is -0.753. The number of Topliss-reactive ketones (excluding diaryl/α,β-unsaturated/α-hetero) is 1. The number of aryl methyl sites for hydroxylation is 1. The van der Waals surface area contributed by atoms with Gasteiger partial charge in [-0.25, -0.2) is 4.79 Å². The molecule has 0 bridgehead atoms.